The molecule has 24 heavy (non-hydrogen) atoms. The Morgan fingerprint density at radius 2 is 1.79 bits per heavy atom. The zero-order valence-corrected chi connectivity index (χ0v) is 13.5. The summed E-state index contributed by atoms with van der Waals surface area (Å²) in [6.45, 7) is 2.00. The van der Waals surface area contributed by atoms with Crippen LogP contribution < -0.4 is 0 Å². The third-order valence-corrected chi connectivity index (χ3v) is 3.93. The second-order valence-electron chi connectivity index (χ2n) is 5.54. The summed E-state index contributed by atoms with van der Waals surface area (Å²) >= 11 is 0. The predicted octanol–water partition coefficient (Wildman–Crippen LogP) is 4.00. The number of carbonyl (C=O) groups excluding carboxylic acids is 2. The molecule has 1 N–H and O–H groups in total. The summed E-state index contributed by atoms with van der Waals surface area (Å²) < 4.78 is 4.92. The number of hydrogen-bond donors (Lipinski definition) is 1. The van der Waals surface area contributed by atoms with Crippen LogP contribution in [0.5, 0.6) is 0 Å². The lowest BCUT2D eigenvalue weighted by Crippen LogP contribution is -2.06. The van der Waals surface area contributed by atoms with Crippen LogP contribution in [0.3, 0.4) is 0 Å². The maximum atomic E-state index is 12.3. The van der Waals surface area contributed by atoms with Crippen molar-refractivity contribution in [3.8, 4) is 0 Å². The zero-order chi connectivity index (χ0) is 17.1. The van der Waals surface area contributed by atoms with Crippen LogP contribution in [0.2, 0.25) is 0 Å². The molecule has 0 spiro atoms. The van der Waals surface area contributed by atoms with Crippen LogP contribution >= 0.6 is 0 Å². The van der Waals surface area contributed by atoms with Gasteiger partial charge in [-0.25, -0.2) is 4.79 Å². The number of aromatic amines is 1. The van der Waals surface area contributed by atoms with Gasteiger partial charge in [-0.05, 0) is 24.6 Å². The molecule has 0 aliphatic rings. The molecule has 4 heteroatoms. The van der Waals surface area contributed by atoms with Crippen molar-refractivity contribution < 1.29 is 14.3 Å². The van der Waals surface area contributed by atoms with Crippen LogP contribution in [0.1, 0.15) is 27.2 Å². The molecule has 2 aromatic carbocycles. The quantitative estimate of drug-likeness (QED) is 0.449. The van der Waals surface area contributed by atoms with E-state index < -0.39 is 5.97 Å². The van der Waals surface area contributed by atoms with Crippen molar-refractivity contribution in [3.63, 3.8) is 0 Å². The molecule has 0 radical (unpaired) electrons. The Bertz CT molecular complexity index is 933. The molecule has 0 unspecified atom stereocenters. The summed E-state index contributed by atoms with van der Waals surface area (Å²) in [4.78, 5) is 27.1. The fourth-order valence-corrected chi connectivity index (χ4v) is 2.67. The molecule has 0 aliphatic heterocycles. The molecule has 1 aromatic heterocycles. The topological polar surface area (TPSA) is 59.2 Å². The maximum Gasteiger partial charge on any atom is 0.340 e. The first-order valence-corrected chi connectivity index (χ1v) is 7.57. The van der Waals surface area contributed by atoms with E-state index in [1.54, 1.807) is 6.08 Å². The summed E-state index contributed by atoms with van der Waals surface area (Å²) in [5, 5.41) is 0.779. The lowest BCUT2D eigenvalue weighted by molar-refractivity contribution is -0.133. The number of fused-ring (bicyclic) bond motifs is 1. The molecule has 3 aromatic rings. The zero-order valence-electron chi connectivity index (χ0n) is 13.5. The Labute approximate surface area is 139 Å². The minimum Gasteiger partial charge on any atom is -0.465 e. The molecule has 0 bridgehead atoms. The maximum absolute atomic E-state index is 12.3. The normalized spacial score (nSPS) is 11.5. The van der Waals surface area contributed by atoms with E-state index in [0.29, 0.717) is 16.8 Å². The van der Waals surface area contributed by atoms with Crippen LogP contribution in [0.4, 0.5) is 0 Å². The first kappa shape index (κ1) is 15.7. The lowest BCUT2D eigenvalue weighted by Gasteiger charge is -2.05. The van der Waals surface area contributed by atoms with Crippen molar-refractivity contribution in [2.24, 2.45) is 0 Å². The number of hydrogen-bond acceptors (Lipinski definition) is 3. The van der Waals surface area contributed by atoms with E-state index in [9.17, 15) is 9.59 Å². The van der Waals surface area contributed by atoms with Gasteiger partial charge in [0.1, 0.15) is 0 Å². The summed E-state index contributed by atoms with van der Waals surface area (Å²) in [7, 11) is 1.33. The first-order valence-electron chi connectivity index (χ1n) is 7.57. The van der Waals surface area contributed by atoms with E-state index >= 15 is 0 Å². The smallest absolute Gasteiger partial charge is 0.340 e. The molecule has 0 amide bonds. The summed E-state index contributed by atoms with van der Waals surface area (Å²) in [5.41, 5.74) is 4.03. The third-order valence-electron chi connectivity index (χ3n) is 3.93. The Hall–Kier alpha value is -3.14. The van der Waals surface area contributed by atoms with E-state index in [-0.39, 0.29) is 0 Å². The number of methoxy groups -OCH3 is 1. The lowest BCUT2D eigenvalue weighted by atomic mass is 10.0. The molecule has 0 aliphatic carbocycles. The van der Waals surface area contributed by atoms with E-state index in [1.807, 2.05) is 55.5 Å². The van der Waals surface area contributed by atoms with Crippen LogP contribution in [0, 0.1) is 6.92 Å². The minimum absolute atomic E-state index is 0.319. The molecular formula is C20H17NO3. The van der Waals surface area contributed by atoms with Crippen molar-refractivity contribution >= 4 is 34.8 Å². The number of aromatic nitrogens is 1. The minimum atomic E-state index is -0.495. The summed E-state index contributed by atoms with van der Waals surface area (Å²) in [6.07, 6.45) is 2.49. The van der Waals surface area contributed by atoms with Gasteiger partial charge in [0.2, 0.25) is 0 Å². The average Bonchev–Trinajstić information content (AvgIpc) is 2.98. The Morgan fingerprint density at radius 3 is 2.46 bits per heavy atom. The molecule has 0 saturated heterocycles. The number of ether oxygens (including phenoxy) is 1. The van der Waals surface area contributed by atoms with Crippen molar-refractivity contribution in [1.82, 2.24) is 4.98 Å². The number of para-hydroxylation sites is 1. The molecule has 3 rings (SSSR count). The Kier molecular flexibility index (Phi) is 4.29. The molecule has 4 nitrogen and oxygen atoms in total. The Morgan fingerprint density at radius 1 is 1.08 bits per heavy atom. The highest BCUT2D eigenvalue weighted by Gasteiger charge is 2.20. The van der Waals surface area contributed by atoms with Gasteiger partial charge >= 0.3 is 5.97 Å². The van der Waals surface area contributed by atoms with E-state index in [4.69, 9.17) is 4.74 Å². The molecule has 0 fully saturated rings. The highest BCUT2D eigenvalue weighted by Crippen LogP contribution is 2.28. The van der Waals surface area contributed by atoms with Gasteiger partial charge in [0.15, 0.2) is 6.29 Å². The van der Waals surface area contributed by atoms with Gasteiger partial charge in [-0.2, -0.15) is 0 Å². The van der Waals surface area contributed by atoms with Gasteiger partial charge in [-0.3, -0.25) is 4.79 Å². The Balaban J connectivity index is 2.22. The SMILES string of the molecule is COC(=O)/C(=C\c1ccc(C)cc1)c1[nH]c2ccccc2c1C=O. The van der Waals surface area contributed by atoms with Gasteiger partial charge in [0.25, 0.3) is 0 Å². The van der Waals surface area contributed by atoms with Crippen LogP contribution in [0.15, 0.2) is 48.5 Å². The number of rotatable bonds is 4. The predicted molar refractivity (Wildman–Crippen MR) is 94.8 cm³/mol. The number of benzene rings is 2. The molecule has 0 atom stereocenters. The van der Waals surface area contributed by atoms with Crippen molar-refractivity contribution in [3.05, 3.63) is 70.9 Å². The van der Waals surface area contributed by atoms with Crippen LogP contribution in [0.25, 0.3) is 22.6 Å². The highest BCUT2D eigenvalue weighted by molar-refractivity contribution is 6.24. The van der Waals surface area contributed by atoms with Crippen molar-refractivity contribution in [1.29, 1.82) is 0 Å². The largest absolute Gasteiger partial charge is 0.465 e. The first-order chi connectivity index (χ1) is 11.6. The van der Waals surface area contributed by atoms with Gasteiger partial charge in [-0.1, -0.05) is 48.0 Å². The van der Waals surface area contributed by atoms with Crippen LogP contribution in [-0.4, -0.2) is 24.3 Å². The van der Waals surface area contributed by atoms with E-state index in [2.05, 4.69) is 4.98 Å². The van der Waals surface area contributed by atoms with E-state index in [0.717, 1.165) is 28.3 Å². The van der Waals surface area contributed by atoms with Gasteiger partial charge < -0.3 is 9.72 Å². The molecule has 0 saturated carbocycles. The monoisotopic (exact) mass is 319 g/mol. The van der Waals surface area contributed by atoms with Gasteiger partial charge in [0.05, 0.1) is 18.4 Å². The van der Waals surface area contributed by atoms with Gasteiger partial charge in [0, 0.05) is 16.5 Å². The molecular weight excluding hydrogens is 302 g/mol. The third kappa shape index (κ3) is 2.86. The fraction of sp³-hybridized carbons (Fsp3) is 0.100. The number of aldehydes is 1. The standard InChI is InChI=1S/C20H17NO3/c1-13-7-9-14(10-8-13)11-16(20(23)24-2)19-17(12-22)15-5-3-4-6-18(15)21-19/h3-12,21H,1-2H3/b16-11-. The second kappa shape index (κ2) is 6.54. The number of H-pyrrole nitrogens is 1. The fourth-order valence-electron chi connectivity index (χ4n) is 2.67. The van der Waals surface area contributed by atoms with Gasteiger partial charge in [-0.15, -0.1) is 0 Å². The van der Waals surface area contributed by atoms with E-state index in [1.165, 1.54) is 7.11 Å². The van der Waals surface area contributed by atoms with Crippen LogP contribution in [-0.2, 0) is 9.53 Å². The number of nitrogens with one attached hydrogen (secondary N) is 1. The molecule has 1 heterocycles. The van der Waals surface area contributed by atoms with Crippen molar-refractivity contribution in [2.75, 3.05) is 7.11 Å². The summed E-state index contributed by atoms with van der Waals surface area (Å²) in [6, 6.07) is 15.2. The highest BCUT2D eigenvalue weighted by atomic mass is 16.5. The molecule has 120 valence electrons. The second-order valence-corrected chi connectivity index (χ2v) is 5.54. The summed E-state index contributed by atoms with van der Waals surface area (Å²) in [5.74, 6) is -0.495. The number of carbonyl (C=O) groups is 2. The average molecular weight is 319 g/mol. The number of aryl methyl sites for hydroxylation is 1. The number of esters is 1. The van der Waals surface area contributed by atoms with Crippen molar-refractivity contribution in [2.45, 2.75) is 6.92 Å².